The van der Waals surface area contributed by atoms with Crippen LogP contribution in [0.3, 0.4) is 0 Å². The highest BCUT2D eigenvalue weighted by atomic mass is 32.2. The van der Waals surface area contributed by atoms with Crippen molar-refractivity contribution in [2.45, 2.75) is 23.9 Å². The number of sulfonamides is 1. The molecule has 1 heterocycles. The van der Waals surface area contributed by atoms with Crippen molar-refractivity contribution in [1.82, 2.24) is 9.79 Å². The molecule has 2 aromatic rings. The molecule has 3 rings (SSSR count). The van der Waals surface area contributed by atoms with E-state index < -0.39 is 22.0 Å². The van der Waals surface area contributed by atoms with E-state index in [0.717, 1.165) is 9.87 Å². The van der Waals surface area contributed by atoms with E-state index in [4.69, 9.17) is 15.7 Å². The Bertz CT molecular complexity index is 1060. The average Bonchev–Trinajstić information content (AvgIpc) is 2.77. The highest BCUT2D eigenvalue weighted by Gasteiger charge is 2.39. The van der Waals surface area contributed by atoms with Crippen LogP contribution in [-0.4, -0.2) is 49.4 Å². The Labute approximate surface area is 173 Å². The molecule has 2 amide bonds. The van der Waals surface area contributed by atoms with Gasteiger partial charge in [0.1, 0.15) is 11.8 Å². The van der Waals surface area contributed by atoms with E-state index in [0.29, 0.717) is 17.0 Å². The van der Waals surface area contributed by atoms with Crippen LogP contribution in [-0.2, 0) is 32.6 Å². The summed E-state index contributed by atoms with van der Waals surface area (Å²) in [6, 6.07) is 9.64. The maximum atomic E-state index is 13.3. The molecule has 5 N–H and O–H groups in total. The number of carbonyl (C=O) groups is 2. The normalized spacial score (nSPS) is 16.4. The Morgan fingerprint density at radius 1 is 1.20 bits per heavy atom. The van der Waals surface area contributed by atoms with Gasteiger partial charge in [-0.1, -0.05) is 6.07 Å². The van der Waals surface area contributed by atoms with Crippen LogP contribution < -0.4 is 21.3 Å². The van der Waals surface area contributed by atoms with Gasteiger partial charge in [-0.25, -0.2) is 13.9 Å². The summed E-state index contributed by atoms with van der Waals surface area (Å²) in [5.41, 5.74) is 8.69. The van der Waals surface area contributed by atoms with Crippen LogP contribution >= 0.6 is 0 Å². The molecule has 1 atom stereocenters. The molecule has 0 saturated heterocycles. The molecular weight excluding hydrogens is 412 g/mol. The number of rotatable bonds is 6. The molecule has 1 aliphatic heterocycles. The lowest BCUT2D eigenvalue weighted by atomic mass is 9.95. The number of ether oxygens (including phenoxy) is 1. The quantitative estimate of drug-likeness (QED) is 0.375. The van der Waals surface area contributed by atoms with E-state index in [9.17, 15) is 18.0 Å². The Morgan fingerprint density at radius 3 is 2.50 bits per heavy atom. The monoisotopic (exact) mass is 434 g/mol. The zero-order valence-corrected chi connectivity index (χ0v) is 17.0. The minimum Gasteiger partial charge on any atom is -0.497 e. The molecule has 0 spiro atoms. The highest BCUT2D eigenvalue weighted by molar-refractivity contribution is 7.89. The van der Waals surface area contributed by atoms with Crippen molar-refractivity contribution in [3.63, 3.8) is 0 Å². The SMILES string of the molecule is COc1ccc(S(=O)(=O)N2Cc3cc(NC(=O)CN)ccc3C[C@@H]2C(=O)NO)cc1. The summed E-state index contributed by atoms with van der Waals surface area (Å²) in [7, 11) is -2.61. The van der Waals surface area contributed by atoms with Gasteiger partial charge in [-0.2, -0.15) is 4.31 Å². The summed E-state index contributed by atoms with van der Waals surface area (Å²) < 4.78 is 32.6. The van der Waals surface area contributed by atoms with Crippen LogP contribution in [0, 0.1) is 0 Å². The lowest BCUT2D eigenvalue weighted by molar-refractivity contribution is -0.133. The zero-order chi connectivity index (χ0) is 21.9. The number of methoxy groups -OCH3 is 1. The maximum Gasteiger partial charge on any atom is 0.262 e. The lowest BCUT2D eigenvalue weighted by Crippen LogP contribution is -2.51. The zero-order valence-electron chi connectivity index (χ0n) is 16.2. The Kier molecular flexibility index (Phi) is 6.37. The highest BCUT2D eigenvalue weighted by Crippen LogP contribution is 2.31. The topological polar surface area (TPSA) is 151 Å². The molecule has 0 radical (unpaired) electrons. The molecule has 0 saturated carbocycles. The number of nitrogens with zero attached hydrogens (tertiary/aromatic N) is 1. The van der Waals surface area contributed by atoms with Gasteiger partial charge in [-0.05, 0) is 53.9 Å². The van der Waals surface area contributed by atoms with Crippen molar-refractivity contribution in [3.8, 4) is 5.75 Å². The number of anilines is 1. The summed E-state index contributed by atoms with van der Waals surface area (Å²) in [4.78, 5) is 23.8. The number of nitrogens with two attached hydrogens (primary N) is 1. The number of hydroxylamine groups is 1. The van der Waals surface area contributed by atoms with Gasteiger partial charge in [0.25, 0.3) is 5.91 Å². The first-order valence-corrected chi connectivity index (χ1v) is 10.5. The molecule has 0 aliphatic carbocycles. The van der Waals surface area contributed by atoms with Gasteiger partial charge in [0.15, 0.2) is 0 Å². The number of fused-ring (bicyclic) bond motifs is 1. The van der Waals surface area contributed by atoms with Crippen molar-refractivity contribution in [1.29, 1.82) is 0 Å². The van der Waals surface area contributed by atoms with Crippen LogP contribution in [0.5, 0.6) is 5.75 Å². The Morgan fingerprint density at radius 2 is 1.90 bits per heavy atom. The van der Waals surface area contributed by atoms with E-state index in [1.165, 1.54) is 31.4 Å². The largest absolute Gasteiger partial charge is 0.497 e. The number of benzene rings is 2. The van der Waals surface area contributed by atoms with Crippen molar-refractivity contribution < 1.29 is 28.0 Å². The molecule has 0 bridgehead atoms. The summed E-state index contributed by atoms with van der Waals surface area (Å²) in [6.07, 6.45) is 0.0578. The minimum absolute atomic E-state index is 0.0184. The van der Waals surface area contributed by atoms with Gasteiger partial charge in [-0.15, -0.1) is 0 Å². The molecule has 160 valence electrons. The number of nitrogens with one attached hydrogen (secondary N) is 2. The Balaban J connectivity index is 2.00. The third-order valence-corrected chi connectivity index (χ3v) is 6.71. The van der Waals surface area contributed by atoms with Crippen LogP contribution in [0.25, 0.3) is 0 Å². The van der Waals surface area contributed by atoms with Crippen LogP contribution in [0.2, 0.25) is 0 Å². The van der Waals surface area contributed by atoms with E-state index >= 15 is 0 Å². The van der Waals surface area contributed by atoms with Crippen molar-refractivity contribution in [2.75, 3.05) is 19.0 Å². The molecule has 0 aromatic heterocycles. The minimum atomic E-state index is -4.08. The molecule has 11 heteroatoms. The molecular formula is C19H22N4O6S. The second-order valence-corrected chi connectivity index (χ2v) is 8.55. The van der Waals surface area contributed by atoms with E-state index in [1.54, 1.807) is 23.7 Å². The first-order chi connectivity index (χ1) is 14.3. The fraction of sp³-hybridized carbons (Fsp3) is 0.263. The van der Waals surface area contributed by atoms with Gasteiger partial charge < -0.3 is 15.8 Å². The molecule has 2 aromatic carbocycles. The van der Waals surface area contributed by atoms with E-state index in [1.807, 2.05) is 0 Å². The van der Waals surface area contributed by atoms with Crippen LogP contribution in [0.15, 0.2) is 47.4 Å². The van der Waals surface area contributed by atoms with Crippen LogP contribution in [0.4, 0.5) is 5.69 Å². The second kappa shape index (κ2) is 8.79. The van der Waals surface area contributed by atoms with Gasteiger partial charge in [0.2, 0.25) is 15.9 Å². The molecule has 1 aliphatic rings. The summed E-state index contributed by atoms with van der Waals surface area (Å²) in [6.45, 7) is -0.304. The summed E-state index contributed by atoms with van der Waals surface area (Å²) in [5.74, 6) is -0.730. The smallest absolute Gasteiger partial charge is 0.262 e. The van der Waals surface area contributed by atoms with Gasteiger partial charge in [0.05, 0.1) is 18.6 Å². The van der Waals surface area contributed by atoms with Crippen molar-refractivity contribution in [3.05, 3.63) is 53.6 Å². The number of hydrogen-bond donors (Lipinski definition) is 4. The first kappa shape index (κ1) is 21.7. The fourth-order valence-corrected chi connectivity index (χ4v) is 4.85. The first-order valence-electron chi connectivity index (χ1n) is 9.01. The van der Waals surface area contributed by atoms with Gasteiger partial charge in [0, 0.05) is 12.2 Å². The van der Waals surface area contributed by atoms with E-state index in [-0.39, 0.29) is 30.3 Å². The van der Waals surface area contributed by atoms with Crippen molar-refractivity contribution in [2.24, 2.45) is 5.73 Å². The fourth-order valence-electron chi connectivity index (χ4n) is 3.28. The van der Waals surface area contributed by atoms with Crippen LogP contribution in [0.1, 0.15) is 11.1 Å². The third kappa shape index (κ3) is 4.28. The Hall–Kier alpha value is -2.99. The molecule has 30 heavy (non-hydrogen) atoms. The van der Waals surface area contributed by atoms with E-state index in [2.05, 4.69) is 5.32 Å². The van der Waals surface area contributed by atoms with Crippen molar-refractivity contribution >= 4 is 27.5 Å². The number of amides is 2. The summed E-state index contributed by atoms with van der Waals surface area (Å²) in [5, 5.41) is 11.8. The predicted octanol–water partition coefficient (Wildman–Crippen LogP) is 0.213. The summed E-state index contributed by atoms with van der Waals surface area (Å²) >= 11 is 0. The van der Waals surface area contributed by atoms with Gasteiger partial charge >= 0.3 is 0 Å². The standard InChI is InChI=1S/C19H22N4O6S/c1-29-15-4-6-16(7-5-15)30(27,28)23-11-13-8-14(21-18(24)10-20)3-2-12(13)9-17(23)19(25)22-26/h2-8,17,26H,9-11,20H2,1H3,(H,21,24)(H,22,25)/t17-/m1/s1. The maximum absolute atomic E-state index is 13.3. The lowest BCUT2D eigenvalue weighted by Gasteiger charge is -2.34. The third-order valence-electron chi connectivity index (χ3n) is 4.84. The average molecular weight is 434 g/mol. The number of carbonyl (C=O) groups excluding carboxylic acids is 2. The molecule has 10 nitrogen and oxygen atoms in total. The number of hydrogen-bond acceptors (Lipinski definition) is 7. The molecule has 0 unspecified atom stereocenters. The molecule has 0 fully saturated rings. The second-order valence-electron chi connectivity index (χ2n) is 6.66. The predicted molar refractivity (Wildman–Crippen MR) is 107 cm³/mol. The van der Waals surface area contributed by atoms with Gasteiger partial charge in [-0.3, -0.25) is 14.8 Å².